The standard InChI is InChI=1S/C7H8O5/c8-5-1-2-12-3-4(5)6(9)7(10)11/h9H,1-3H2,(H,10,11)/b6-4-. The topological polar surface area (TPSA) is 83.8 Å². The molecule has 2 N–H and O–H groups in total. The molecule has 0 aromatic heterocycles. The van der Waals surface area contributed by atoms with Crippen LogP contribution in [0.4, 0.5) is 0 Å². The lowest BCUT2D eigenvalue weighted by molar-refractivity contribution is -0.136. The van der Waals surface area contributed by atoms with Crippen LogP contribution in [0, 0.1) is 0 Å². The average molecular weight is 172 g/mol. The van der Waals surface area contributed by atoms with E-state index in [1.54, 1.807) is 0 Å². The van der Waals surface area contributed by atoms with Gasteiger partial charge in [-0.05, 0) is 0 Å². The van der Waals surface area contributed by atoms with Crippen LogP contribution >= 0.6 is 0 Å². The van der Waals surface area contributed by atoms with E-state index in [2.05, 4.69) is 0 Å². The Morgan fingerprint density at radius 1 is 1.42 bits per heavy atom. The van der Waals surface area contributed by atoms with Crippen LogP contribution in [0.1, 0.15) is 6.42 Å². The first kappa shape index (κ1) is 8.73. The number of carboxylic acids is 1. The second kappa shape index (κ2) is 3.36. The van der Waals surface area contributed by atoms with Gasteiger partial charge in [0.15, 0.2) is 5.78 Å². The summed E-state index contributed by atoms with van der Waals surface area (Å²) in [6.07, 6.45) is 0.132. The molecule has 0 aromatic carbocycles. The molecule has 1 fully saturated rings. The van der Waals surface area contributed by atoms with Gasteiger partial charge >= 0.3 is 5.97 Å². The molecule has 0 atom stereocenters. The Bertz CT molecular complexity index is 253. The molecule has 12 heavy (non-hydrogen) atoms. The van der Waals surface area contributed by atoms with Gasteiger partial charge < -0.3 is 14.9 Å². The highest BCUT2D eigenvalue weighted by atomic mass is 16.5. The fraction of sp³-hybridized carbons (Fsp3) is 0.429. The van der Waals surface area contributed by atoms with Gasteiger partial charge in [-0.3, -0.25) is 4.79 Å². The summed E-state index contributed by atoms with van der Waals surface area (Å²) in [5.74, 6) is -2.76. The molecule has 66 valence electrons. The Morgan fingerprint density at radius 3 is 2.58 bits per heavy atom. The van der Waals surface area contributed by atoms with Crippen molar-refractivity contribution in [2.45, 2.75) is 6.42 Å². The average Bonchev–Trinajstić information content (AvgIpc) is 2.04. The largest absolute Gasteiger partial charge is 0.501 e. The molecule has 1 saturated heterocycles. The zero-order valence-corrected chi connectivity index (χ0v) is 6.24. The highest BCUT2D eigenvalue weighted by molar-refractivity contribution is 6.02. The first-order chi connectivity index (χ1) is 5.63. The number of carboxylic acid groups (broad SMARTS) is 1. The van der Waals surface area contributed by atoms with E-state index in [0.29, 0.717) is 0 Å². The van der Waals surface area contributed by atoms with Crippen LogP contribution in [-0.2, 0) is 14.3 Å². The first-order valence-electron chi connectivity index (χ1n) is 3.39. The summed E-state index contributed by atoms with van der Waals surface area (Å²) < 4.78 is 4.82. The molecule has 5 heteroatoms. The zero-order chi connectivity index (χ0) is 9.14. The van der Waals surface area contributed by atoms with Crippen molar-refractivity contribution in [3.8, 4) is 0 Å². The van der Waals surface area contributed by atoms with Gasteiger partial charge in [0, 0.05) is 6.42 Å². The molecular formula is C7H8O5. The van der Waals surface area contributed by atoms with Crippen molar-refractivity contribution in [3.05, 3.63) is 11.3 Å². The number of ketones is 1. The van der Waals surface area contributed by atoms with Gasteiger partial charge in [0.25, 0.3) is 0 Å². The van der Waals surface area contributed by atoms with Crippen LogP contribution in [0.5, 0.6) is 0 Å². The third-order valence-corrected chi connectivity index (χ3v) is 1.54. The Morgan fingerprint density at radius 2 is 2.08 bits per heavy atom. The molecule has 0 radical (unpaired) electrons. The Kier molecular flexibility index (Phi) is 2.44. The summed E-state index contributed by atoms with van der Waals surface area (Å²) >= 11 is 0. The fourth-order valence-corrected chi connectivity index (χ4v) is 0.900. The number of hydrogen-bond donors (Lipinski definition) is 2. The van der Waals surface area contributed by atoms with Crippen LogP contribution in [-0.4, -0.2) is 35.2 Å². The molecule has 5 nitrogen and oxygen atoms in total. The lowest BCUT2D eigenvalue weighted by Crippen LogP contribution is -2.22. The van der Waals surface area contributed by atoms with E-state index in [-0.39, 0.29) is 31.0 Å². The van der Waals surface area contributed by atoms with Crippen LogP contribution in [0.3, 0.4) is 0 Å². The number of rotatable bonds is 1. The molecule has 0 unspecified atom stereocenters. The van der Waals surface area contributed by atoms with Gasteiger partial charge in [-0.2, -0.15) is 0 Å². The van der Waals surface area contributed by atoms with Crippen molar-refractivity contribution in [1.29, 1.82) is 0 Å². The summed E-state index contributed by atoms with van der Waals surface area (Å²) in [6.45, 7) is 0.173. The van der Waals surface area contributed by atoms with Crippen molar-refractivity contribution < 1.29 is 24.5 Å². The van der Waals surface area contributed by atoms with Gasteiger partial charge in [-0.25, -0.2) is 4.79 Å². The molecule has 1 aliphatic heterocycles. The van der Waals surface area contributed by atoms with Gasteiger partial charge in [-0.15, -0.1) is 0 Å². The summed E-state index contributed by atoms with van der Waals surface area (Å²) in [4.78, 5) is 21.2. The van der Waals surface area contributed by atoms with Gasteiger partial charge in [0.1, 0.15) is 0 Å². The molecule has 0 aliphatic carbocycles. The van der Waals surface area contributed by atoms with E-state index in [0.717, 1.165) is 0 Å². The minimum atomic E-state index is -1.50. The number of aliphatic hydroxyl groups excluding tert-OH is 1. The number of carbonyl (C=O) groups excluding carboxylic acids is 1. The molecule has 0 spiro atoms. The lowest BCUT2D eigenvalue weighted by atomic mass is 10.1. The summed E-state index contributed by atoms with van der Waals surface area (Å²) in [7, 11) is 0. The van der Waals surface area contributed by atoms with Crippen molar-refractivity contribution in [2.75, 3.05) is 13.2 Å². The van der Waals surface area contributed by atoms with Gasteiger partial charge in [-0.1, -0.05) is 0 Å². The minimum Gasteiger partial charge on any atom is -0.501 e. The van der Waals surface area contributed by atoms with E-state index in [4.69, 9.17) is 14.9 Å². The molecular weight excluding hydrogens is 164 g/mol. The highest BCUT2D eigenvalue weighted by Gasteiger charge is 2.23. The Hall–Kier alpha value is -1.36. The Labute approximate surface area is 68.3 Å². The molecule has 0 aromatic rings. The molecule has 1 rings (SSSR count). The van der Waals surface area contributed by atoms with Crippen molar-refractivity contribution in [1.82, 2.24) is 0 Å². The number of aliphatic carboxylic acids is 1. The number of hydrogen-bond acceptors (Lipinski definition) is 4. The highest BCUT2D eigenvalue weighted by Crippen LogP contribution is 2.11. The first-order valence-corrected chi connectivity index (χ1v) is 3.39. The fourth-order valence-electron chi connectivity index (χ4n) is 0.900. The van der Waals surface area contributed by atoms with Gasteiger partial charge in [0.2, 0.25) is 5.76 Å². The van der Waals surface area contributed by atoms with Crippen molar-refractivity contribution >= 4 is 11.8 Å². The van der Waals surface area contributed by atoms with E-state index < -0.39 is 11.7 Å². The predicted molar refractivity (Wildman–Crippen MR) is 37.7 cm³/mol. The lowest BCUT2D eigenvalue weighted by Gasteiger charge is -2.13. The second-order valence-corrected chi connectivity index (χ2v) is 2.36. The number of aliphatic hydroxyl groups is 1. The predicted octanol–water partition coefficient (Wildman–Crippen LogP) is -0.127. The SMILES string of the molecule is O=C(O)/C(O)=C1\COCCC1=O. The summed E-state index contributed by atoms with van der Waals surface area (Å²) in [5, 5.41) is 17.2. The third kappa shape index (κ3) is 1.62. The maximum Gasteiger partial charge on any atom is 0.371 e. The van der Waals surface area contributed by atoms with E-state index in [1.807, 2.05) is 0 Å². The van der Waals surface area contributed by atoms with Crippen molar-refractivity contribution in [3.63, 3.8) is 0 Å². The number of Topliss-reactive ketones (excluding diaryl/α,β-unsaturated/α-hetero) is 1. The molecule has 0 saturated carbocycles. The summed E-state index contributed by atoms with van der Waals surface area (Å²) in [6, 6.07) is 0. The monoisotopic (exact) mass is 172 g/mol. The Balaban J connectivity index is 2.90. The quantitative estimate of drug-likeness (QED) is 0.425. The van der Waals surface area contributed by atoms with Crippen molar-refractivity contribution in [2.24, 2.45) is 0 Å². The second-order valence-electron chi connectivity index (χ2n) is 2.36. The normalized spacial score (nSPS) is 22.2. The zero-order valence-electron chi connectivity index (χ0n) is 6.24. The maximum absolute atomic E-state index is 11.0. The minimum absolute atomic E-state index is 0.114. The smallest absolute Gasteiger partial charge is 0.371 e. The van der Waals surface area contributed by atoms with Crippen LogP contribution < -0.4 is 0 Å². The van der Waals surface area contributed by atoms with Crippen LogP contribution in [0.2, 0.25) is 0 Å². The summed E-state index contributed by atoms with van der Waals surface area (Å²) in [5.41, 5.74) is -0.145. The molecule has 1 heterocycles. The van der Waals surface area contributed by atoms with Crippen LogP contribution in [0.15, 0.2) is 11.3 Å². The molecule has 0 bridgehead atoms. The molecule has 1 aliphatic rings. The molecule has 0 amide bonds. The third-order valence-electron chi connectivity index (χ3n) is 1.54. The van der Waals surface area contributed by atoms with E-state index in [9.17, 15) is 9.59 Å². The van der Waals surface area contributed by atoms with Gasteiger partial charge in [0.05, 0.1) is 18.8 Å². The number of ether oxygens (including phenoxy) is 1. The number of carbonyl (C=O) groups is 2. The van der Waals surface area contributed by atoms with E-state index in [1.165, 1.54) is 0 Å². The van der Waals surface area contributed by atoms with E-state index >= 15 is 0 Å². The van der Waals surface area contributed by atoms with Crippen LogP contribution in [0.25, 0.3) is 0 Å². The maximum atomic E-state index is 11.0.